The molecule has 1 aliphatic heterocycles. The maximum atomic E-state index is 11.6. The number of carbonyl (C=O) groups excluding carboxylic acids is 2. The Morgan fingerprint density at radius 1 is 1.44 bits per heavy atom. The van der Waals surface area contributed by atoms with Crippen LogP contribution in [0.25, 0.3) is 0 Å². The monoisotopic (exact) mass is 225 g/mol. The van der Waals surface area contributed by atoms with Gasteiger partial charge in [-0.15, -0.1) is 0 Å². The first-order valence-corrected chi connectivity index (χ1v) is 5.15. The molecule has 0 aromatic rings. The number of allylic oxidation sites excluding steroid dienone is 3. The number of ketones is 1. The second-order valence-electron chi connectivity index (χ2n) is 3.25. The van der Waals surface area contributed by atoms with Crippen LogP contribution in [-0.2, 0) is 19.2 Å². The minimum Gasteiger partial charge on any atom is -0.427 e. The fourth-order valence-corrected chi connectivity index (χ4v) is 1.26. The minimum atomic E-state index is -0.631. The Morgan fingerprint density at radius 2 is 2.12 bits per heavy atom. The molecule has 1 N–H and O–H groups in total. The molecule has 1 aliphatic rings. The molecule has 0 aromatic heterocycles. The van der Waals surface area contributed by atoms with Crippen molar-refractivity contribution in [3.05, 3.63) is 23.1 Å². The van der Waals surface area contributed by atoms with E-state index >= 15 is 0 Å². The predicted molar refractivity (Wildman–Crippen MR) is 56.9 cm³/mol. The van der Waals surface area contributed by atoms with E-state index < -0.39 is 5.97 Å². The fraction of sp³-hybridized carbons (Fsp3) is 0.455. The van der Waals surface area contributed by atoms with Crippen molar-refractivity contribution < 1.29 is 19.2 Å². The van der Waals surface area contributed by atoms with E-state index in [2.05, 4.69) is 5.48 Å². The van der Waals surface area contributed by atoms with Crippen molar-refractivity contribution in [1.29, 1.82) is 0 Å². The van der Waals surface area contributed by atoms with Crippen molar-refractivity contribution in [3.63, 3.8) is 0 Å². The molecule has 0 unspecified atom stereocenters. The summed E-state index contributed by atoms with van der Waals surface area (Å²) in [6, 6.07) is 0. The average Bonchev–Trinajstić information content (AvgIpc) is 2.25. The van der Waals surface area contributed by atoms with Crippen molar-refractivity contribution in [3.8, 4) is 0 Å². The lowest BCUT2D eigenvalue weighted by Gasteiger charge is -2.16. The Kier molecular flexibility index (Phi) is 4.25. The Labute approximate surface area is 94.1 Å². The lowest BCUT2D eigenvalue weighted by molar-refractivity contribution is -0.138. The average molecular weight is 225 g/mol. The van der Waals surface area contributed by atoms with Gasteiger partial charge in [0.15, 0.2) is 5.78 Å². The molecule has 0 radical (unpaired) electrons. The summed E-state index contributed by atoms with van der Waals surface area (Å²) in [5, 5.41) is 0. The largest absolute Gasteiger partial charge is 0.427 e. The molecule has 0 aliphatic carbocycles. The quantitative estimate of drug-likeness (QED) is 0.337. The zero-order chi connectivity index (χ0) is 12.1. The van der Waals surface area contributed by atoms with Crippen LogP contribution in [0.2, 0.25) is 0 Å². The molecule has 0 aromatic carbocycles. The van der Waals surface area contributed by atoms with Gasteiger partial charge in [-0.05, 0) is 13.8 Å². The van der Waals surface area contributed by atoms with Gasteiger partial charge < -0.3 is 4.74 Å². The summed E-state index contributed by atoms with van der Waals surface area (Å²) >= 11 is 0. The van der Waals surface area contributed by atoms with Crippen LogP contribution in [-0.4, -0.2) is 18.4 Å². The van der Waals surface area contributed by atoms with Gasteiger partial charge in [0, 0.05) is 12.5 Å². The molecule has 0 fully saturated rings. The normalized spacial score (nSPS) is 19.1. The zero-order valence-corrected chi connectivity index (χ0v) is 9.62. The van der Waals surface area contributed by atoms with Crippen LogP contribution in [0.3, 0.4) is 0 Å². The van der Waals surface area contributed by atoms with Crippen molar-refractivity contribution in [2.45, 2.75) is 27.2 Å². The van der Waals surface area contributed by atoms with Crippen molar-refractivity contribution in [2.24, 2.45) is 0 Å². The fourth-order valence-electron chi connectivity index (χ4n) is 1.26. The molecule has 0 atom stereocenters. The molecule has 1 rings (SSSR count). The van der Waals surface area contributed by atoms with E-state index in [4.69, 9.17) is 9.57 Å². The summed E-state index contributed by atoms with van der Waals surface area (Å²) in [6.45, 7) is 5.63. The lowest BCUT2D eigenvalue weighted by Crippen LogP contribution is -2.26. The highest BCUT2D eigenvalue weighted by Gasteiger charge is 2.27. The van der Waals surface area contributed by atoms with E-state index in [-0.39, 0.29) is 11.4 Å². The SMILES string of the molecule is CCONC(C)=C1C(=O)C=C(CC)OC1=O. The third-order valence-electron chi connectivity index (χ3n) is 2.06. The van der Waals surface area contributed by atoms with E-state index in [1.807, 2.05) is 6.92 Å². The highest BCUT2D eigenvalue weighted by molar-refractivity contribution is 6.24. The van der Waals surface area contributed by atoms with Gasteiger partial charge in [0.25, 0.3) is 0 Å². The third kappa shape index (κ3) is 2.70. The predicted octanol–water partition coefficient (Wildman–Crippen LogP) is 1.22. The van der Waals surface area contributed by atoms with Gasteiger partial charge in [-0.25, -0.2) is 4.79 Å². The zero-order valence-electron chi connectivity index (χ0n) is 9.62. The number of carbonyl (C=O) groups is 2. The van der Waals surface area contributed by atoms with Crippen molar-refractivity contribution in [1.82, 2.24) is 5.48 Å². The van der Waals surface area contributed by atoms with Gasteiger partial charge in [0.2, 0.25) is 0 Å². The number of hydrogen-bond donors (Lipinski definition) is 1. The minimum absolute atomic E-state index is 0.00866. The van der Waals surface area contributed by atoms with E-state index in [9.17, 15) is 9.59 Å². The molecule has 1 heterocycles. The van der Waals surface area contributed by atoms with Gasteiger partial charge in [0.1, 0.15) is 11.3 Å². The Balaban J connectivity index is 2.93. The second-order valence-corrected chi connectivity index (χ2v) is 3.25. The van der Waals surface area contributed by atoms with Crippen LogP contribution in [0.5, 0.6) is 0 Å². The van der Waals surface area contributed by atoms with E-state index in [0.717, 1.165) is 0 Å². The molecule has 5 heteroatoms. The molecular weight excluding hydrogens is 210 g/mol. The van der Waals surface area contributed by atoms with E-state index in [1.54, 1.807) is 13.8 Å². The summed E-state index contributed by atoms with van der Waals surface area (Å²) in [5.74, 6) is -0.588. The van der Waals surface area contributed by atoms with Crippen molar-refractivity contribution >= 4 is 11.8 Å². The number of esters is 1. The second kappa shape index (κ2) is 5.46. The number of hydrogen-bond acceptors (Lipinski definition) is 5. The van der Waals surface area contributed by atoms with Gasteiger partial charge >= 0.3 is 5.97 Å². The smallest absolute Gasteiger partial charge is 0.349 e. The number of hydroxylamine groups is 1. The molecule has 5 nitrogen and oxygen atoms in total. The Bertz CT molecular complexity index is 368. The number of cyclic esters (lactones) is 1. The maximum absolute atomic E-state index is 11.6. The molecule has 16 heavy (non-hydrogen) atoms. The topological polar surface area (TPSA) is 64.6 Å². The molecule has 0 bridgehead atoms. The van der Waals surface area contributed by atoms with Gasteiger partial charge in [-0.3, -0.25) is 15.1 Å². The van der Waals surface area contributed by atoms with E-state index in [1.165, 1.54) is 6.08 Å². The van der Waals surface area contributed by atoms with Crippen LogP contribution >= 0.6 is 0 Å². The number of rotatable bonds is 4. The van der Waals surface area contributed by atoms with Crippen molar-refractivity contribution in [2.75, 3.05) is 6.61 Å². The van der Waals surface area contributed by atoms with Crippen LogP contribution in [0, 0.1) is 0 Å². The highest BCUT2D eigenvalue weighted by Crippen LogP contribution is 2.18. The van der Waals surface area contributed by atoms with Gasteiger partial charge in [-0.2, -0.15) is 0 Å². The Hall–Kier alpha value is -1.62. The Morgan fingerprint density at radius 3 is 2.62 bits per heavy atom. The lowest BCUT2D eigenvalue weighted by atomic mass is 10.1. The molecule has 88 valence electrons. The molecule has 0 saturated carbocycles. The summed E-state index contributed by atoms with van der Waals surface area (Å²) in [6.07, 6.45) is 1.84. The van der Waals surface area contributed by atoms with Gasteiger partial charge in [0.05, 0.1) is 12.3 Å². The highest BCUT2D eigenvalue weighted by atomic mass is 16.6. The summed E-state index contributed by atoms with van der Waals surface area (Å²) in [7, 11) is 0. The third-order valence-corrected chi connectivity index (χ3v) is 2.06. The molecule has 0 saturated heterocycles. The first-order chi connectivity index (χ1) is 7.60. The first-order valence-electron chi connectivity index (χ1n) is 5.15. The first kappa shape index (κ1) is 12.4. The number of ether oxygens (including phenoxy) is 1. The summed E-state index contributed by atoms with van der Waals surface area (Å²) in [5.41, 5.74) is 2.88. The number of nitrogens with one attached hydrogen (secondary N) is 1. The standard InChI is InChI=1S/C11H15NO4/c1-4-8-6-9(13)10(11(14)16-8)7(3)12-15-5-2/h6,12H,4-5H2,1-3H3. The summed E-state index contributed by atoms with van der Waals surface area (Å²) < 4.78 is 4.97. The molecule has 0 spiro atoms. The molecule has 0 amide bonds. The molecular formula is C11H15NO4. The maximum Gasteiger partial charge on any atom is 0.349 e. The summed E-state index contributed by atoms with van der Waals surface area (Å²) in [4.78, 5) is 28.1. The van der Waals surface area contributed by atoms with Crippen LogP contribution < -0.4 is 5.48 Å². The van der Waals surface area contributed by atoms with E-state index in [0.29, 0.717) is 24.5 Å². The van der Waals surface area contributed by atoms with Crippen LogP contribution in [0.1, 0.15) is 27.2 Å². The van der Waals surface area contributed by atoms with Gasteiger partial charge in [-0.1, -0.05) is 6.92 Å². The van der Waals surface area contributed by atoms with Crippen LogP contribution in [0.4, 0.5) is 0 Å². The van der Waals surface area contributed by atoms with Crippen LogP contribution in [0.15, 0.2) is 23.1 Å².